The van der Waals surface area contributed by atoms with Crippen LogP contribution in [-0.2, 0) is 0 Å². The summed E-state index contributed by atoms with van der Waals surface area (Å²) in [5, 5.41) is 8.96. The smallest absolute Gasteiger partial charge is 0.0512 e. The highest BCUT2D eigenvalue weighted by Gasteiger charge is 1.94. The van der Waals surface area contributed by atoms with Crippen LogP contribution in [0.2, 0.25) is 0 Å². The molecule has 0 spiro atoms. The van der Waals surface area contributed by atoms with Crippen LogP contribution in [0.4, 0.5) is 4.70 Å². The lowest BCUT2D eigenvalue weighted by molar-refractivity contribution is 0.180. The third-order valence-electron chi connectivity index (χ3n) is 1.98. The summed E-state index contributed by atoms with van der Waals surface area (Å²) in [5.74, 6) is 0. The molecule has 0 aliphatic rings. The van der Waals surface area contributed by atoms with Crippen LogP contribution in [0.3, 0.4) is 0 Å². The molecule has 1 nitrogen and oxygen atoms in total. The van der Waals surface area contributed by atoms with E-state index in [1.807, 2.05) is 6.92 Å². The topological polar surface area (TPSA) is 20.2 Å². The molecule has 0 saturated carbocycles. The van der Waals surface area contributed by atoms with E-state index in [1.54, 1.807) is 0 Å². The molecule has 0 heterocycles. The quantitative estimate of drug-likeness (QED) is 0.593. The number of aliphatic hydroxyl groups is 1. The minimum Gasteiger partial charge on any atom is -0.393 e. The normalized spacial score (nSPS) is 12.2. The number of hydrogen-bond acceptors (Lipinski definition) is 1. The first kappa shape index (κ1) is 14.4. The number of aliphatic hydroxyl groups excluding tert-OH is 1. The van der Waals surface area contributed by atoms with Gasteiger partial charge in [-0.1, -0.05) is 45.4 Å². The average molecular weight is 178 g/mol. The first-order valence-corrected chi connectivity index (χ1v) is 4.95. The van der Waals surface area contributed by atoms with Crippen LogP contribution in [0.15, 0.2) is 0 Å². The zero-order chi connectivity index (χ0) is 8.53. The zero-order valence-corrected chi connectivity index (χ0v) is 8.38. The van der Waals surface area contributed by atoms with Crippen molar-refractivity contribution in [3.05, 3.63) is 0 Å². The molecule has 0 aromatic carbocycles. The maximum absolute atomic E-state index is 8.96. The van der Waals surface area contributed by atoms with Gasteiger partial charge < -0.3 is 5.11 Å². The largest absolute Gasteiger partial charge is 0.393 e. The first-order chi connectivity index (χ1) is 5.27. The highest BCUT2D eigenvalue weighted by atomic mass is 19.0. The molecule has 0 aromatic heterocycles. The molecule has 0 aliphatic carbocycles. The lowest BCUT2D eigenvalue weighted by Gasteiger charge is -2.02. The minimum atomic E-state index is -0.0961. The Kier molecular flexibility index (Phi) is 13.1. The second-order valence-corrected chi connectivity index (χ2v) is 3.41. The average Bonchev–Trinajstić information content (AvgIpc) is 1.96. The van der Waals surface area contributed by atoms with Crippen molar-refractivity contribution in [1.29, 1.82) is 0 Å². The molecular weight excluding hydrogens is 155 g/mol. The molecule has 76 valence electrons. The number of rotatable bonds is 7. The molecule has 0 radical (unpaired) electrons. The summed E-state index contributed by atoms with van der Waals surface area (Å²) < 4.78 is 0. The summed E-state index contributed by atoms with van der Waals surface area (Å²) in [7, 11) is 0. The monoisotopic (exact) mass is 178 g/mol. The molecule has 0 rings (SSSR count). The molecule has 0 amide bonds. The third kappa shape index (κ3) is 12.6. The second kappa shape index (κ2) is 10.9. The van der Waals surface area contributed by atoms with Crippen LogP contribution < -0.4 is 0 Å². The number of hydrogen-bond donors (Lipinski definition) is 1. The van der Waals surface area contributed by atoms with Crippen molar-refractivity contribution in [2.24, 2.45) is 0 Å². The van der Waals surface area contributed by atoms with Gasteiger partial charge >= 0.3 is 0 Å². The van der Waals surface area contributed by atoms with E-state index in [0.717, 1.165) is 6.42 Å². The maximum Gasteiger partial charge on any atom is 0.0512 e. The van der Waals surface area contributed by atoms with E-state index in [-0.39, 0.29) is 10.8 Å². The van der Waals surface area contributed by atoms with Gasteiger partial charge in [-0.15, -0.1) is 0 Å². The third-order valence-corrected chi connectivity index (χ3v) is 1.98. The summed E-state index contributed by atoms with van der Waals surface area (Å²) in [4.78, 5) is 0. The van der Waals surface area contributed by atoms with Crippen molar-refractivity contribution in [2.45, 2.75) is 64.9 Å². The van der Waals surface area contributed by atoms with Crippen LogP contribution in [-0.4, -0.2) is 11.2 Å². The molecule has 1 N–H and O–H groups in total. The Morgan fingerprint density at radius 2 is 1.50 bits per heavy atom. The van der Waals surface area contributed by atoms with Gasteiger partial charge in [0.2, 0.25) is 0 Å². The number of halogens is 1. The van der Waals surface area contributed by atoms with Crippen molar-refractivity contribution in [2.75, 3.05) is 0 Å². The van der Waals surface area contributed by atoms with Crippen molar-refractivity contribution < 1.29 is 9.81 Å². The standard InChI is InChI=1S/C10H22O.FH/c1-3-4-5-6-7-8-9-10(2)11;/h10-11H,3-9H2,1-2H3;1H. The Bertz CT molecular complexity index is 74.2. The lowest BCUT2D eigenvalue weighted by atomic mass is 10.1. The molecule has 1 atom stereocenters. The highest BCUT2D eigenvalue weighted by molar-refractivity contribution is 4.48. The maximum atomic E-state index is 8.96. The molecule has 2 heteroatoms. The molecule has 0 fully saturated rings. The predicted octanol–water partition coefficient (Wildman–Crippen LogP) is 3.27. The molecule has 1 unspecified atom stereocenters. The van der Waals surface area contributed by atoms with Gasteiger partial charge in [0.15, 0.2) is 0 Å². The van der Waals surface area contributed by atoms with E-state index >= 15 is 0 Å². The van der Waals surface area contributed by atoms with Gasteiger partial charge in [-0.2, -0.15) is 0 Å². The Hall–Kier alpha value is -0.110. The zero-order valence-electron chi connectivity index (χ0n) is 8.38. The fraction of sp³-hybridized carbons (Fsp3) is 1.00. The molecule has 0 bridgehead atoms. The Morgan fingerprint density at radius 1 is 1.00 bits per heavy atom. The highest BCUT2D eigenvalue weighted by Crippen LogP contribution is 2.07. The lowest BCUT2D eigenvalue weighted by Crippen LogP contribution is -1.98. The minimum absolute atomic E-state index is 0. The summed E-state index contributed by atoms with van der Waals surface area (Å²) >= 11 is 0. The van der Waals surface area contributed by atoms with Crippen molar-refractivity contribution in [3.63, 3.8) is 0 Å². The van der Waals surface area contributed by atoms with E-state index in [9.17, 15) is 0 Å². The van der Waals surface area contributed by atoms with Crippen LogP contribution in [0.5, 0.6) is 0 Å². The Balaban J connectivity index is 0. The van der Waals surface area contributed by atoms with Crippen LogP contribution >= 0.6 is 0 Å². The molecule has 0 saturated heterocycles. The summed E-state index contributed by atoms with van der Waals surface area (Å²) in [6, 6.07) is 0. The molecule has 12 heavy (non-hydrogen) atoms. The van der Waals surface area contributed by atoms with Crippen LogP contribution in [0.25, 0.3) is 0 Å². The van der Waals surface area contributed by atoms with E-state index in [1.165, 1.54) is 38.5 Å². The van der Waals surface area contributed by atoms with Crippen molar-refractivity contribution in [1.82, 2.24) is 0 Å². The Morgan fingerprint density at radius 3 is 2.00 bits per heavy atom. The van der Waals surface area contributed by atoms with E-state index in [0.29, 0.717) is 0 Å². The fourth-order valence-electron chi connectivity index (χ4n) is 1.22. The van der Waals surface area contributed by atoms with Gasteiger partial charge in [0.05, 0.1) is 6.10 Å². The van der Waals surface area contributed by atoms with Gasteiger partial charge in [-0.3, -0.25) is 4.70 Å². The van der Waals surface area contributed by atoms with E-state index < -0.39 is 0 Å². The van der Waals surface area contributed by atoms with Crippen molar-refractivity contribution >= 4 is 0 Å². The summed E-state index contributed by atoms with van der Waals surface area (Å²) in [6.07, 6.45) is 8.78. The fourth-order valence-corrected chi connectivity index (χ4v) is 1.22. The van der Waals surface area contributed by atoms with Gasteiger partial charge in [0, 0.05) is 0 Å². The summed E-state index contributed by atoms with van der Waals surface area (Å²) in [5.41, 5.74) is 0. The SMILES string of the molecule is CCCCCCCCC(C)O.F. The predicted molar refractivity (Wildman–Crippen MR) is 52.2 cm³/mol. The molecule has 0 aromatic rings. The second-order valence-electron chi connectivity index (χ2n) is 3.41. The van der Waals surface area contributed by atoms with E-state index in [4.69, 9.17) is 5.11 Å². The van der Waals surface area contributed by atoms with Crippen LogP contribution in [0.1, 0.15) is 58.8 Å². The van der Waals surface area contributed by atoms with Crippen LogP contribution in [0, 0.1) is 0 Å². The summed E-state index contributed by atoms with van der Waals surface area (Å²) in [6.45, 7) is 4.10. The van der Waals surface area contributed by atoms with Gasteiger partial charge in [0.1, 0.15) is 0 Å². The van der Waals surface area contributed by atoms with E-state index in [2.05, 4.69) is 6.92 Å². The number of unbranched alkanes of at least 4 members (excludes halogenated alkanes) is 5. The van der Waals surface area contributed by atoms with Crippen molar-refractivity contribution in [3.8, 4) is 0 Å². The van der Waals surface area contributed by atoms with Gasteiger partial charge in [-0.25, -0.2) is 0 Å². The molecular formula is C10H23FO. The first-order valence-electron chi connectivity index (χ1n) is 4.95. The van der Waals surface area contributed by atoms with Gasteiger partial charge in [0.25, 0.3) is 0 Å². The van der Waals surface area contributed by atoms with Gasteiger partial charge in [-0.05, 0) is 13.3 Å². The Labute approximate surface area is 75.5 Å². The molecule has 0 aliphatic heterocycles.